The molecule has 2 aromatic rings. The van der Waals surface area contributed by atoms with Gasteiger partial charge in [-0.2, -0.15) is 13.2 Å². The number of hydrogen-bond donors (Lipinski definition) is 2. The molecule has 37 heavy (non-hydrogen) atoms. The predicted octanol–water partition coefficient (Wildman–Crippen LogP) is 3.89. The molecule has 0 radical (unpaired) electrons. The number of halogens is 5. The Balaban J connectivity index is 1.45. The maximum Gasteiger partial charge on any atom is 0.435 e. The standard InChI is InChI=1S/C25H22ClF4N3O4/c1-33-21(34)10-19(23(33)36)31-22(35)16-7-6-15(13-3-2-4-14(13)16)20-11-24(37-32-20,25(28,29)30)12-5-8-18(27)17(26)9-12/h5-9,19,22,31,35H,2-4,10-11H2,1H3. The molecule has 2 heterocycles. The van der Waals surface area contributed by atoms with E-state index in [-0.39, 0.29) is 23.6 Å². The second kappa shape index (κ2) is 9.07. The number of aliphatic hydroxyl groups excluding tert-OH is 1. The molecule has 0 saturated carbocycles. The monoisotopic (exact) mass is 539 g/mol. The number of fused-ring (bicyclic) bond motifs is 1. The molecular formula is C25H22ClF4N3O4. The summed E-state index contributed by atoms with van der Waals surface area (Å²) < 4.78 is 56.6. The van der Waals surface area contributed by atoms with Gasteiger partial charge in [0.2, 0.25) is 11.8 Å². The minimum atomic E-state index is -4.87. The highest BCUT2D eigenvalue weighted by atomic mass is 35.5. The molecule has 3 unspecified atom stereocenters. The van der Waals surface area contributed by atoms with Crippen LogP contribution in [0.3, 0.4) is 0 Å². The van der Waals surface area contributed by atoms with Gasteiger partial charge in [0.05, 0.1) is 23.2 Å². The number of nitrogens with one attached hydrogen (secondary N) is 1. The fourth-order valence-corrected chi connectivity index (χ4v) is 5.40. The van der Waals surface area contributed by atoms with Crippen LogP contribution in [0.1, 0.15) is 53.3 Å². The molecule has 0 aromatic heterocycles. The fourth-order valence-electron chi connectivity index (χ4n) is 5.22. The van der Waals surface area contributed by atoms with Gasteiger partial charge >= 0.3 is 6.18 Å². The molecule has 1 aliphatic carbocycles. The van der Waals surface area contributed by atoms with E-state index in [9.17, 15) is 32.3 Å². The van der Waals surface area contributed by atoms with Gasteiger partial charge in [-0.05, 0) is 48.1 Å². The molecule has 5 rings (SSSR count). The van der Waals surface area contributed by atoms with Crippen molar-refractivity contribution in [3.05, 3.63) is 69.0 Å². The van der Waals surface area contributed by atoms with E-state index < -0.39 is 47.2 Å². The molecule has 0 bridgehead atoms. The van der Waals surface area contributed by atoms with Crippen LogP contribution in [0.15, 0.2) is 35.5 Å². The first-order valence-corrected chi connectivity index (χ1v) is 12.0. The van der Waals surface area contributed by atoms with Crippen LogP contribution in [-0.2, 0) is 32.9 Å². The molecule has 196 valence electrons. The van der Waals surface area contributed by atoms with Crippen LogP contribution < -0.4 is 5.32 Å². The smallest absolute Gasteiger partial charge is 0.374 e. The number of carbonyl (C=O) groups excluding carboxylic acids is 2. The molecule has 2 aliphatic heterocycles. The van der Waals surface area contributed by atoms with Crippen molar-refractivity contribution < 1.29 is 37.1 Å². The topological polar surface area (TPSA) is 91.2 Å². The number of hydrogen-bond acceptors (Lipinski definition) is 6. The van der Waals surface area contributed by atoms with Gasteiger partial charge in [0.1, 0.15) is 12.0 Å². The molecule has 12 heteroatoms. The Bertz CT molecular complexity index is 1330. The SMILES string of the molecule is CN1C(=O)CC(NC(O)c2ccc(C3=NOC(c4ccc(F)c(Cl)c4)(C(F)(F)F)C3)c3c2CCC3)C1=O. The van der Waals surface area contributed by atoms with Crippen molar-refractivity contribution in [1.82, 2.24) is 10.2 Å². The molecule has 2 N–H and O–H groups in total. The summed E-state index contributed by atoms with van der Waals surface area (Å²) in [7, 11) is 1.37. The van der Waals surface area contributed by atoms with Crippen molar-refractivity contribution in [3.63, 3.8) is 0 Å². The number of likely N-dealkylation sites (tertiary alicyclic amines) is 1. The van der Waals surface area contributed by atoms with Gasteiger partial charge in [0.25, 0.3) is 5.60 Å². The lowest BCUT2D eigenvalue weighted by Gasteiger charge is -2.29. The molecule has 3 aliphatic rings. The van der Waals surface area contributed by atoms with E-state index in [4.69, 9.17) is 16.4 Å². The van der Waals surface area contributed by atoms with Crippen LogP contribution in [0.5, 0.6) is 0 Å². The molecule has 0 spiro atoms. The molecule has 1 saturated heterocycles. The first-order chi connectivity index (χ1) is 17.4. The summed E-state index contributed by atoms with van der Waals surface area (Å²) in [5, 5.41) is 17.0. The maximum atomic E-state index is 14.3. The third-order valence-corrected chi connectivity index (χ3v) is 7.53. The van der Waals surface area contributed by atoms with Crippen LogP contribution in [0, 0.1) is 5.82 Å². The van der Waals surface area contributed by atoms with E-state index in [2.05, 4.69) is 10.5 Å². The van der Waals surface area contributed by atoms with Gasteiger partial charge in [-0.3, -0.25) is 19.8 Å². The summed E-state index contributed by atoms with van der Waals surface area (Å²) in [4.78, 5) is 30.1. The second-order valence-corrected chi connectivity index (χ2v) is 9.80. The third-order valence-electron chi connectivity index (χ3n) is 7.24. The Kier molecular flexibility index (Phi) is 6.28. The van der Waals surface area contributed by atoms with Gasteiger partial charge in [-0.25, -0.2) is 4.39 Å². The number of likely N-dealkylation sites (N-methyl/N-ethyl adjacent to an activating group) is 1. The molecule has 7 nitrogen and oxygen atoms in total. The lowest BCUT2D eigenvalue weighted by Crippen LogP contribution is -2.42. The quantitative estimate of drug-likeness (QED) is 0.342. The van der Waals surface area contributed by atoms with E-state index in [1.54, 1.807) is 12.1 Å². The zero-order chi connectivity index (χ0) is 26.7. The summed E-state index contributed by atoms with van der Waals surface area (Å²) >= 11 is 5.76. The number of imide groups is 1. The highest BCUT2D eigenvalue weighted by Crippen LogP contribution is 2.50. The number of aliphatic hydroxyl groups is 1. The van der Waals surface area contributed by atoms with Gasteiger partial charge in [0, 0.05) is 24.6 Å². The van der Waals surface area contributed by atoms with E-state index in [0.29, 0.717) is 30.4 Å². The molecule has 2 amide bonds. The highest BCUT2D eigenvalue weighted by Gasteiger charge is 2.62. The van der Waals surface area contributed by atoms with Crippen molar-refractivity contribution in [3.8, 4) is 0 Å². The van der Waals surface area contributed by atoms with Crippen LogP contribution in [0.2, 0.25) is 5.02 Å². The van der Waals surface area contributed by atoms with Gasteiger partial charge < -0.3 is 9.94 Å². The number of rotatable bonds is 5. The van der Waals surface area contributed by atoms with Crippen molar-refractivity contribution in [2.24, 2.45) is 5.16 Å². The second-order valence-electron chi connectivity index (χ2n) is 9.39. The van der Waals surface area contributed by atoms with Crippen LogP contribution in [-0.4, -0.2) is 46.8 Å². The summed E-state index contributed by atoms with van der Waals surface area (Å²) in [6.45, 7) is 0. The number of amides is 2. The average molecular weight is 540 g/mol. The molecule has 2 aromatic carbocycles. The Hall–Kier alpha value is -3.02. The number of carbonyl (C=O) groups is 2. The van der Waals surface area contributed by atoms with Gasteiger partial charge in [-0.15, -0.1) is 0 Å². The Morgan fingerprint density at radius 2 is 1.95 bits per heavy atom. The van der Waals surface area contributed by atoms with Gasteiger partial charge in [-0.1, -0.05) is 35.0 Å². The first kappa shape index (κ1) is 25.6. The first-order valence-electron chi connectivity index (χ1n) is 11.6. The summed E-state index contributed by atoms with van der Waals surface area (Å²) in [5.41, 5.74) is -0.678. The summed E-state index contributed by atoms with van der Waals surface area (Å²) in [6, 6.07) is 5.01. The number of alkyl halides is 3. The maximum absolute atomic E-state index is 14.3. The van der Waals surface area contributed by atoms with Crippen molar-refractivity contribution in [2.45, 2.75) is 56.2 Å². The number of benzene rings is 2. The summed E-state index contributed by atoms with van der Waals surface area (Å²) in [6.07, 6.45) is -5.02. The molecule has 3 atom stereocenters. The highest BCUT2D eigenvalue weighted by molar-refractivity contribution is 6.30. The van der Waals surface area contributed by atoms with Crippen molar-refractivity contribution in [1.29, 1.82) is 0 Å². The minimum absolute atomic E-state index is 0.0723. The lowest BCUT2D eigenvalue weighted by atomic mass is 9.84. The Morgan fingerprint density at radius 3 is 2.59 bits per heavy atom. The molecule has 1 fully saturated rings. The molecular weight excluding hydrogens is 518 g/mol. The number of oxime groups is 1. The zero-order valence-electron chi connectivity index (χ0n) is 19.5. The van der Waals surface area contributed by atoms with Crippen LogP contribution in [0.4, 0.5) is 17.6 Å². The lowest BCUT2D eigenvalue weighted by molar-refractivity contribution is -0.275. The minimum Gasteiger partial charge on any atom is -0.374 e. The van der Waals surface area contributed by atoms with Crippen LogP contribution >= 0.6 is 11.6 Å². The summed E-state index contributed by atoms with van der Waals surface area (Å²) in [5.74, 6) is -1.65. The van der Waals surface area contributed by atoms with E-state index in [0.717, 1.165) is 34.2 Å². The van der Waals surface area contributed by atoms with Crippen molar-refractivity contribution >= 4 is 29.1 Å². The van der Waals surface area contributed by atoms with Gasteiger partial charge in [0.15, 0.2) is 0 Å². The van der Waals surface area contributed by atoms with Crippen LogP contribution in [0.25, 0.3) is 0 Å². The van der Waals surface area contributed by atoms with E-state index in [1.165, 1.54) is 7.05 Å². The Labute approximate surface area is 214 Å². The Morgan fingerprint density at radius 1 is 1.22 bits per heavy atom. The zero-order valence-corrected chi connectivity index (χ0v) is 20.3. The predicted molar refractivity (Wildman–Crippen MR) is 124 cm³/mol. The van der Waals surface area contributed by atoms with E-state index in [1.807, 2.05) is 0 Å². The van der Waals surface area contributed by atoms with Crippen molar-refractivity contribution in [2.75, 3.05) is 7.05 Å². The number of nitrogens with zero attached hydrogens (tertiary/aromatic N) is 2. The average Bonchev–Trinajstić information content (AvgIpc) is 3.56. The fraction of sp³-hybridized carbons (Fsp3) is 0.400. The van der Waals surface area contributed by atoms with E-state index >= 15 is 0 Å². The largest absolute Gasteiger partial charge is 0.435 e. The normalized spacial score (nSPS) is 24.4. The third kappa shape index (κ3) is 4.18.